The molecule has 0 spiro atoms. The average molecular weight is 191 g/mol. The van der Waals surface area contributed by atoms with Gasteiger partial charge >= 0.3 is 0 Å². The van der Waals surface area contributed by atoms with Crippen molar-refractivity contribution in [2.75, 3.05) is 11.9 Å². The molecule has 1 nitrogen and oxygen atoms in total. The molecule has 0 bridgehead atoms. The van der Waals surface area contributed by atoms with Crippen LogP contribution in [0.2, 0.25) is 0 Å². The van der Waals surface area contributed by atoms with E-state index in [2.05, 4.69) is 17.2 Å². The van der Waals surface area contributed by atoms with Gasteiger partial charge in [0.2, 0.25) is 0 Å². The van der Waals surface area contributed by atoms with Crippen LogP contribution in [0, 0.1) is 24.6 Å². The molecule has 0 heterocycles. The number of para-hydroxylation sites is 1. The Morgan fingerprint density at radius 3 is 2.86 bits per heavy atom. The largest absolute Gasteiger partial charge is 0.382 e. The smallest absolute Gasteiger partial charge is 0.146 e. The lowest BCUT2D eigenvalue weighted by Gasteiger charge is -2.08. The van der Waals surface area contributed by atoms with Crippen molar-refractivity contribution in [3.05, 3.63) is 29.6 Å². The third-order valence-electron chi connectivity index (χ3n) is 1.95. The molecule has 14 heavy (non-hydrogen) atoms. The normalized spacial score (nSPS) is 9.07. The molecule has 1 rings (SSSR count). The molecule has 74 valence electrons. The number of rotatable bonds is 3. The highest BCUT2D eigenvalue weighted by atomic mass is 19.1. The third-order valence-corrected chi connectivity index (χ3v) is 1.95. The minimum Gasteiger partial charge on any atom is -0.382 e. The molecule has 1 aromatic carbocycles. The number of benzene rings is 1. The number of nitrogens with one attached hydrogen (secondary N) is 1. The molecule has 1 N–H and O–H groups in total. The first-order valence-corrected chi connectivity index (χ1v) is 4.64. The summed E-state index contributed by atoms with van der Waals surface area (Å²) >= 11 is 0. The van der Waals surface area contributed by atoms with Gasteiger partial charge in [-0.05, 0) is 25.5 Å². The van der Waals surface area contributed by atoms with E-state index in [1.54, 1.807) is 13.0 Å². The molecule has 0 unspecified atom stereocenters. The van der Waals surface area contributed by atoms with Crippen LogP contribution in [0.5, 0.6) is 0 Å². The van der Waals surface area contributed by atoms with Gasteiger partial charge in [0, 0.05) is 13.0 Å². The Bertz CT molecular complexity index is 340. The van der Waals surface area contributed by atoms with Gasteiger partial charge in [0.15, 0.2) is 0 Å². The van der Waals surface area contributed by atoms with E-state index in [0.717, 1.165) is 12.0 Å². The molecular formula is C12H14FN. The predicted molar refractivity (Wildman–Crippen MR) is 57.7 cm³/mol. The summed E-state index contributed by atoms with van der Waals surface area (Å²) in [4.78, 5) is 0. The van der Waals surface area contributed by atoms with Crippen LogP contribution >= 0.6 is 0 Å². The van der Waals surface area contributed by atoms with E-state index in [9.17, 15) is 4.39 Å². The Labute approximate surface area is 84.3 Å². The van der Waals surface area contributed by atoms with Crippen LogP contribution in [0.25, 0.3) is 0 Å². The highest BCUT2D eigenvalue weighted by Crippen LogP contribution is 2.18. The van der Waals surface area contributed by atoms with Gasteiger partial charge in [-0.25, -0.2) is 4.39 Å². The lowest BCUT2D eigenvalue weighted by atomic mass is 10.2. The fourth-order valence-electron chi connectivity index (χ4n) is 1.23. The average Bonchev–Trinajstić information content (AvgIpc) is 2.16. The van der Waals surface area contributed by atoms with Gasteiger partial charge in [0.05, 0.1) is 5.69 Å². The van der Waals surface area contributed by atoms with E-state index in [4.69, 9.17) is 0 Å². The van der Waals surface area contributed by atoms with E-state index < -0.39 is 0 Å². The molecule has 1 aromatic rings. The maximum atomic E-state index is 13.3. The van der Waals surface area contributed by atoms with E-state index >= 15 is 0 Å². The molecule has 0 aliphatic heterocycles. The Morgan fingerprint density at radius 1 is 1.43 bits per heavy atom. The summed E-state index contributed by atoms with van der Waals surface area (Å²) in [7, 11) is 0. The molecule has 0 radical (unpaired) electrons. The van der Waals surface area contributed by atoms with Gasteiger partial charge in [-0.15, -0.1) is 11.8 Å². The monoisotopic (exact) mass is 191 g/mol. The zero-order valence-electron chi connectivity index (χ0n) is 8.52. The molecule has 0 saturated carbocycles. The second-order valence-electron chi connectivity index (χ2n) is 3.04. The molecular weight excluding hydrogens is 177 g/mol. The second-order valence-corrected chi connectivity index (χ2v) is 3.04. The summed E-state index contributed by atoms with van der Waals surface area (Å²) in [6, 6.07) is 5.06. The van der Waals surface area contributed by atoms with Crippen molar-refractivity contribution in [3.63, 3.8) is 0 Å². The van der Waals surface area contributed by atoms with Crippen LogP contribution < -0.4 is 5.32 Å². The zero-order chi connectivity index (χ0) is 10.4. The third kappa shape index (κ3) is 2.77. The van der Waals surface area contributed by atoms with E-state index in [1.807, 2.05) is 13.0 Å². The van der Waals surface area contributed by atoms with Gasteiger partial charge in [-0.2, -0.15) is 0 Å². The molecule has 0 aliphatic carbocycles. The van der Waals surface area contributed by atoms with Crippen LogP contribution in [-0.2, 0) is 0 Å². The van der Waals surface area contributed by atoms with E-state index in [-0.39, 0.29) is 5.82 Å². The number of aryl methyl sites for hydroxylation is 1. The second kappa shape index (κ2) is 5.29. The minimum atomic E-state index is -0.200. The van der Waals surface area contributed by atoms with Gasteiger partial charge < -0.3 is 5.32 Å². The first-order valence-electron chi connectivity index (χ1n) is 4.64. The number of hydrogen-bond donors (Lipinski definition) is 1. The van der Waals surface area contributed by atoms with Crippen molar-refractivity contribution >= 4 is 5.69 Å². The van der Waals surface area contributed by atoms with Crippen LogP contribution in [0.3, 0.4) is 0 Å². The molecule has 0 saturated heterocycles. The van der Waals surface area contributed by atoms with Crippen LogP contribution in [0.4, 0.5) is 10.1 Å². The van der Waals surface area contributed by atoms with Crippen molar-refractivity contribution in [1.29, 1.82) is 0 Å². The lowest BCUT2D eigenvalue weighted by molar-refractivity contribution is 0.629. The molecule has 0 amide bonds. The topological polar surface area (TPSA) is 12.0 Å². The summed E-state index contributed by atoms with van der Waals surface area (Å²) in [5.41, 5.74) is 1.51. The molecule has 0 atom stereocenters. The Kier molecular flexibility index (Phi) is 4.00. The van der Waals surface area contributed by atoms with Crippen molar-refractivity contribution in [2.24, 2.45) is 0 Å². The number of hydrogen-bond acceptors (Lipinski definition) is 1. The summed E-state index contributed by atoms with van der Waals surface area (Å²) in [6.07, 6.45) is 0.740. The maximum Gasteiger partial charge on any atom is 0.146 e. The fourth-order valence-corrected chi connectivity index (χ4v) is 1.23. The maximum absolute atomic E-state index is 13.3. The van der Waals surface area contributed by atoms with Crippen molar-refractivity contribution in [2.45, 2.75) is 20.3 Å². The Morgan fingerprint density at radius 2 is 2.21 bits per heavy atom. The molecule has 0 fully saturated rings. The van der Waals surface area contributed by atoms with Crippen LogP contribution in [0.1, 0.15) is 18.9 Å². The molecule has 0 aromatic heterocycles. The summed E-state index contributed by atoms with van der Waals surface area (Å²) in [5, 5.41) is 3.04. The zero-order valence-corrected chi connectivity index (χ0v) is 8.52. The highest BCUT2D eigenvalue weighted by molar-refractivity contribution is 5.51. The minimum absolute atomic E-state index is 0.200. The lowest BCUT2D eigenvalue weighted by Crippen LogP contribution is -2.04. The highest BCUT2D eigenvalue weighted by Gasteiger charge is 2.02. The molecule has 0 aliphatic rings. The van der Waals surface area contributed by atoms with Gasteiger partial charge in [-0.1, -0.05) is 12.1 Å². The summed E-state index contributed by atoms with van der Waals surface area (Å²) in [5.74, 6) is 5.52. The van der Waals surface area contributed by atoms with Gasteiger partial charge in [0.25, 0.3) is 0 Å². The number of anilines is 1. The first kappa shape index (κ1) is 10.6. The summed E-state index contributed by atoms with van der Waals surface area (Å²) < 4.78 is 13.3. The standard InChI is InChI=1S/C12H14FN/c1-3-4-5-9-14-12-10(2)7-6-8-11(12)13/h6-8,14H,5,9H2,1-2H3. The predicted octanol–water partition coefficient (Wildman–Crippen LogP) is 2.96. The van der Waals surface area contributed by atoms with Crippen molar-refractivity contribution in [3.8, 4) is 11.8 Å². The Balaban J connectivity index is 2.60. The van der Waals surface area contributed by atoms with Gasteiger partial charge in [0.1, 0.15) is 5.82 Å². The summed E-state index contributed by atoms with van der Waals surface area (Å²) in [6.45, 7) is 4.37. The van der Waals surface area contributed by atoms with E-state index in [0.29, 0.717) is 12.2 Å². The first-order chi connectivity index (χ1) is 6.75. The quantitative estimate of drug-likeness (QED) is 0.572. The van der Waals surface area contributed by atoms with Crippen molar-refractivity contribution < 1.29 is 4.39 Å². The van der Waals surface area contributed by atoms with Crippen LogP contribution in [-0.4, -0.2) is 6.54 Å². The molecule has 2 heteroatoms. The van der Waals surface area contributed by atoms with Gasteiger partial charge in [-0.3, -0.25) is 0 Å². The van der Waals surface area contributed by atoms with E-state index in [1.165, 1.54) is 6.07 Å². The van der Waals surface area contributed by atoms with Crippen LogP contribution in [0.15, 0.2) is 18.2 Å². The van der Waals surface area contributed by atoms with Crippen molar-refractivity contribution in [1.82, 2.24) is 0 Å². The number of halogens is 1. The fraction of sp³-hybridized carbons (Fsp3) is 0.333. The Hall–Kier alpha value is -1.49. The SMILES string of the molecule is CC#CCCNc1c(C)cccc1F.